The Morgan fingerprint density at radius 1 is 1.17 bits per heavy atom. The van der Waals surface area contributed by atoms with Gasteiger partial charge in [0.25, 0.3) is 0 Å². The van der Waals surface area contributed by atoms with E-state index in [-0.39, 0.29) is 12.3 Å². The van der Waals surface area contributed by atoms with Crippen molar-refractivity contribution in [2.75, 3.05) is 5.32 Å². The largest absolute Gasteiger partial charge is 0.481 e. The van der Waals surface area contributed by atoms with E-state index in [0.29, 0.717) is 25.8 Å². The van der Waals surface area contributed by atoms with Gasteiger partial charge in [-0.25, -0.2) is 0 Å². The minimum Gasteiger partial charge on any atom is -0.481 e. The fraction of sp³-hybridized carbons (Fsp3) is 0.385. The first-order valence-electron chi connectivity index (χ1n) is 5.93. The van der Waals surface area contributed by atoms with Gasteiger partial charge in [0.15, 0.2) is 0 Å². The lowest BCUT2D eigenvalue weighted by Gasteiger charge is -2.09. The maximum Gasteiger partial charge on any atom is 0.303 e. The fourth-order valence-electron chi connectivity index (χ4n) is 1.59. The van der Waals surface area contributed by atoms with Crippen LogP contribution in [-0.2, 0) is 16.1 Å². The molecule has 0 atom stereocenters. The van der Waals surface area contributed by atoms with Crippen LogP contribution in [0.2, 0.25) is 0 Å². The fourth-order valence-corrected chi connectivity index (χ4v) is 1.59. The molecule has 4 N–H and O–H groups in total. The van der Waals surface area contributed by atoms with Crippen molar-refractivity contribution in [1.29, 1.82) is 0 Å². The molecule has 1 aromatic rings. The minimum absolute atomic E-state index is 0.104. The summed E-state index contributed by atoms with van der Waals surface area (Å²) in [5, 5.41) is 11.3. The number of hydrogen-bond donors (Lipinski definition) is 3. The Hall–Kier alpha value is -1.88. The minimum atomic E-state index is -0.830. The number of para-hydroxylation sites is 1. The molecule has 0 aliphatic heterocycles. The third-order valence-electron chi connectivity index (χ3n) is 2.56. The number of unbranched alkanes of at least 4 members (excludes halogenated alkanes) is 1. The van der Waals surface area contributed by atoms with Crippen molar-refractivity contribution >= 4 is 17.6 Å². The van der Waals surface area contributed by atoms with Crippen molar-refractivity contribution in [3.63, 3.8) is 0 Å². The van der Waals surface area contributed by atoms with Crippen LogP contribution in [0.25, 0.3) is 0 Å². The Kier molecular flexibility index (Phi) is 5.87. The van der Waals surface area contributed by atoms with Gasteiger partial charge >= 0.3 is 5.97 Å². The number of anilines is 1. The zero-order chi connectivity index (χ0) is 13.4. The van der Waals surface area contributed by atoms with Crippen LogP contribution in [-0.4, -0.2) is 17.0 Å². The molecule has 0 bridgehead atoms. The zero-order valence-electron chi connectivity index (χ0n) is 10.2. The smallest absolute Gasteiger partial charge is 0.303 e. The monoisotopic (exact) mass is 250 g/mol. The van der Waals surface area contributed by atoms with E-state index >= 15 is 0 Å². The summed E-state index contributed by atoms with van der Waals surface area (Å²) in [4.78, 5) is 21.9. The van der Waals surface area contributed by atoms with Crippen molar-refractivity contribution in [2.24, 2.45) is 5.73 Å². The van der Waals surface area contributed by atoms with E-state index in [1.807, 2.05) is 18.2 Å². The van der Waals surface area contributed by atoms with Gasteiger partial charge in [-0.05, 0) is 24.5 Å². The summed E-state index contributed by atoms with van der Waals surface area (Å²) >= 11 is 0. The van der Waals surface area contributed by atoms with E-state index in [1.54, 1.807) is 6.07 Å². The van der Waals surface area contributed by atoms with Crippen LogP contribution in [0, 0.1) is 0 Å². The van der Waals surface area contributed by atoms with Crippen LogP contribution in [0.5, 0.6) is 0 Å². The molecule has 1 amide bonds. The lowest BCUT2D eigenvalue weighted by molar-refractivity contribution is -0.137. The van der Waals surface area contributed by atoms with Gasteiger partial charge in [0.05, 0.1) is 0 Å². The molecule has 0 aliphatic carbocycles. The molecule has 0 spiro atoms. The Labute approximate surface area is 106 Å². The first-order chi connectivity index (χ1) is 8.63. The molecule has 0 fully saturated rings. The molecule has 0 aromatic heterocycles. The van der Waals surface area contributed by atoms with Gasteiger partial charge < -0.3 is 16.2 Å². The SMILES string of the molecule is NCc1ccccc1NC(=O)CCCCC(=O)O. The van der Waals surface area contributed by atoms with E-state index in [1.165, 1.54) is 0 Å². The molecular weight excluding hydrogens is 232 g/mol. The third kappa shape index (κ3) is 4.97. The van der Waals surface area contributed by atoms with Crippen molar-refractivity contribution in [1.82, 2.24) is 0 Å². The van der Waals surface area contributed by atoms with Crippen LogP contribution < -0.4 is 11.1 Å². The van der Waals surface area contributed by atoms with E-state index in [2.05, 4.69) is 5.32 Å². The maximum absolute atomic E-state index is 11.6. The van der Waals surface area contributed by atoms with Crippen LogP contribution in [0.1, 0.15) is 31.2 Å². The van der Waals surface area contributed by atoms with Crippen LogP contribution in [0.3, 0.4) is 0 Å². The molecule has 98 valence electrons. The first kappa shape index (κ1) is 14.2. The Morgan fingerprint density at radius 3 is 2.50 bits per heavy atom. The number of aliphatic carboxylic acids is 1. The van der Waals surface area contributed by atoms with Crippen molar-refractivity contribution in [3.8, 4) is 0 Å². The highest BCUT2D eigenvalue weighted by molar-refractivity contribution is 5.91. The molecule has 5 nitrogen and oxygen atoms in total. The van der Waals surface area contributed by atoms with E-state index in [9.17, 15) is 9.59 Å². The number of carbonyl (C=O) groups is 2. The number of nitrogens with two attached hydrogens (primary N) is 1. The first-order valence-corrected chi connectivity index (χ1v) is 5.93. The van der Waals surface area contributed by atoms with Crippen molar-refractivity contribution < 1.29 is 14.7 Å². The van der Waals surface area contributed by atoms with Gasteiger partial charge in [-0.3, -0.25) is 9.59 Å². The van der Waals surface area contributed by atoms with E-state index < -0.39 is 5.97 Å². The average Bonchev–Trinajstić information content (AvgIpc) is 2.35. The van der Waals surface area contributed by atoms with Gasteiger partial charge in [0, 0.05) is 25.1 Å². The molecule has 0 heterocycles. The molecule has 0 unspecified atom stereocenters. The maximum atomic E-state index is 11.6. The van der Waals surface area contributed by atoms with E-state index in [4.69, 9.17) is 10.8 Å². The number of carboxylic acid groups (broad SMARTS) is 1. The molecule has 1 aromatic carbocycles. The number of carboxylic acids is 1. The summed E-state index contributed by atoms with van der Waals surface area (Å²) in [5.41, 5.74) is 7.18. The quantitative estimate of drug-likeness (QED) is 0.642. The molecular formula is C13H18N2O3. The molecule has 0 saturated heterocycles. The number of benzene rings is 1. The normalized spacial score (nSPS) is 10.1. The number of nitrogens with one attached hydrogen (secondary N) is 1. The summed E-state index contributed by atoms with van der Waals surface area (Å²) in [5.74, 6) is -0.940. The third-order valence-corrected chi connectivity index (χ3v) is 2.56. The Bertz CT molecular complexity index is 418. The topological polar surface area (TPSA) is 92.4 Å². The molecule has 18 heavy (non-hydrogen) atoms. The summed E-state index contributed by atoms with van der Waals surface area (Å²) in [6.45, 7) is 0.371. The van der Waals surface area contributed by atoms with Gasteiger partial charge in [0.1, 0.15) is 0 Å². The summed E-state index contributed by atoms with van der Waals surface area (Å²) in [6, 6.07) is 7.36. The second kappa shape index (κ2) is 7.45. The van der Waals surface area contributed by atoms with Gasteiger partial charge in [0.2, 0.25) is 5.91 Å². The number of hydrogen-bond acceptors (Lipinski definition) is 3. The predicted molar refractivity (Wildman–Crippen MR) is 69.1 cm³/mol. The second-order valence-corrected chi connectivity index (χ2v) is 4.01. The number of rotatable bonds is 7. The lowest BCUT2D eigenvalue weighted by Crippen LogP contribution is -2.13. The van der Waals surface area contributed by atoms with Gasteiger partial charge in [-0.1, -0.05) is 18.2 Å². The molecule has 5 heteroatoms. The van der Waals surface area contributed by atoms with Gasteiger partial charge in [-0.2, -0.15) is 0 Å². The van der Waals surface area contributed by atoms with Crippen LogP contribution >= 0.6 is 0 Å². The highest BCUT2D eigenvalue weighted by Gasteiger charge is 2.06. The Balaban J connectivity index is 2.37. The average molecular weight is 250 g/mol. The molecule has 1 rings (SSSR count). The van der Waals surface area contributed by atoms with Crippen LogP contribution in [0.15, 0.2) is 24.3 Å². The van der Waals surface area contributed by atoms with E-state index in [0.717, 1.165) is 11.3 Å². The van der Waals surface area contributed by atoms with Crippen LogP contribution in [0.4, 0.5) is 5.69 Å². The standard InChI is InChI=1S/C13H18N2O3/c14-9-10-5-1-2-6-11(10)15-12(16)7-3-4-8-13(17)18/h1-2,5-6H,3-4,7-9,14H2,(H,15,16)(H,17,18). The van der Waals surface area contributed by atoms with Gasteiger partial charge in [-0.15, -0.1) is 0 Å². The van der Waals surface area contributed by atoms with Crippen molar-refractivity contribution in [3.05, 3.63) is 29.8 Å². The number of carbonyl (C=O) groups excluding carboxylic acids is 1. The Morgan fingerprint density at radius 2 is 1.83 bits per heavy atom. The summed E-state index contributed by atoms with van der Waals surface area (Å²) in [7, 11) is 0. The predicted octanol–water partition coefficient (Wildman–Crippen LogP) is 1.73. The number of amides is 1. The zero-order valence-corrected chi connectivity index (χ0v) is 10.2. The molecule has 0 radical (unpaired) electrons. The van der Waals surface area contributed by atoms with Crippen molar-refractivity contribution in [2.45, 2.75) is 32.2 Å². The summed E-state index contributed by atoms with van der Waals surface area (Å²) < 4.78 is 0. The summed E-state index contributed by atoms with van der Waals surface area (Å²) in [6.07, 6.45) is 1.52. The molecule has 0 saturated carbocycles. The highest BCUT2D eigenvalue weighted by atomic mass is 16.4. The highest BCUT2D eigenvalue weighted by Crippen LogP contribution is 2.14. The second-order valence-electron chi connectivity index (χ2n) is 4.01. The molecule has 0 aliphatic rings. The lowest BCUT2D eigenvalue weighted by atomic mass is 10.1.